The Labute approximate surface area is 188 Å². The van der Waals surface area contributed by atoms with Crippen molar-refractivity contribution in [2.45, 2.75) is 117 Å². The van der Waals surface area contributed by atoms with E-state index in [0.717, 1.165) is 58.3 Å². The average Bonchev–Trinajstić information content (AvgIpc) is 2.66. The van der Waals surface area contributed by atoms with E-state index in [9.17, 15) is 9.90 Å². The van der Waals surface area contributed by atoms with Crippen LogP contribution < -0.4 is 0 Å². The molecule has 0 radical (unpaired) electrons. The Balaban J connectivity index is 4.84. The van der Waals surface area contributed by atoms with Gasteiger partial charge in [-0.2, -0.15) is 0 Å². The standard InChI is InChI=1S/C24H52N2O3Si/c1-9-12-13-14-17-22(18-15-21-29-30(7,8)24(4,5)6)26(23(27)28)20-16-19-25(10-2)11-3/h22H,9-21H2,1-8H3,(H,27,28). The van der Waals surface area contributed by atoms with Crippen molar-refractivity contribution in [3.63, 3.8) is 0 Å². The molecule has 0 rings (SSSR count). The lowest BCUT2D eigenvalue weighted by Gasteiger charge is -2.36. The lowest BCUT2D eigenvalue weighted by Crippen LogP contribution is -2.42. The van der Waals surface area contributed by atoms with Crippen LogP contribution in [0.5, 0.6) is 0 Å². The fourth-order valence-electron chi connectivity index (χ4n) is 3.56. The Morgan fingerprint density at radius 3 is 2.03 bits per heavy atom. The molecule has 0 saturated carbocycles. The van der Waals surface area contributed by atoms with Crippen LogP contribution in [0.3, 0.4) is 0 Å². The number of hydrogen-bond acceptors (Lipinski definition) is 3. The first-order valence-electron chi connectivity index (χ1n) is 12.4. The van der Waals surface area contributed by atoms with Gasteiger partial charge in [-0.25, -0.2) is 4.79 Å². The van der Waals surface area contributed by atoms with Crippen molar-refractivity contribution in [2.24, 2.45) is 0 Å². The Morgan fingerprint density at radius 2 is 1.53 bits per heavy atom. The third-order valence-corrected chi connectivity index (χ3v) is 11.3. The van der Waals surface area contributed by atoms with Gasteiger partial charge in [0.2, 0.25) is 0 Å². The second-order valence-electron chi connectivity index (χ2n) is 10.1. The van der Waals surface area contributed by atoms with Gasteiger partial charge >= 0.3 is 6.09 Å². The van der Waals surface area contributed by atoms with Crippen molar-refractivity contribution in [3.05, 3.63) is 0 Å². The SMILES string of the molecule is CCCCCCC(CCCO[Si](C)(C)C(C)(C)C)N(CCCN(CC)CC)C(=O)O. The van der Waals surface area contributed by atoms with Crippen LogP contribution in [0.2, 0.25) is 18.1 Å². The lowest BCUT2D eigenvalue weighted by atomic mass is 10.0. The fourth-order valence-corrected chi connectivity index (χ4v) is 4.65. The number of nitrogens with zero attached hydrogens (tertiary/aromatic N) is 2. The van der Waals surface area contributed by atoms with E-state index in [4.69, 9.17) is 4.43 Å². The van der Waals surface area contributed by atoms with E-state index in [1.54, 1.807) is 4.90 Å². The second-order valence-corrected chi connectivity index (χ2v) is 14.9. The minimum Gasteiger partial charge on any atom is -0.465 e. The topological polar surface area (TPSA) is 53.0 Å². The largest absolute Gasteiger partial charge is 0.465 e. The molecule has 0 aliphatic heterocycles. The first-order chi connectivity index (χ1) is 14.0. The molecule has 0 fully saturated rings. The summed E-state index contributed by atoms with van der Waals surface area (Å²) >= 11 is 0. The fraction of sp³-hybridized carbons (Fsp3) is 0.958. The smallest absolute Gasteiger partial charge is 0.407 e. The number of unbranched alkanes of at least 4 members (excludes halogenated alkanes) is 3. The number of rotatable bonds is 17. The third-order valence-electron chi connectivity index (χ3n) is 6.80. The molecule has 0 aromatic carbocycles. The molecule has 0 saturated heterocycles. The van der Waals surface area contributed by atoms with Gasteiger partial charge in [-0.05, 0) is 63.4 Å². The minimum absolute atomic E-state index is 0.110. The molecule has 0 aliphatic carbocycles. The van der Waals surface area contributed by atoms with E-state index in [-0.39, 0.29) is 11.1 Å². The maximum absolute atomic E-state index is 12.1. The predicted molar refractivity (Wildman–Crippen MR) is 132 cm³/mol. The summed E-state index contributed by atoms with van der Waals surface area (Å²) in [6, 6.07) is 0.110. The molecule has 1 N–H and O–H groups in total. The average molecular weight is 445 g/mol. The van der Waals surface area contributed by atoms with Crippen molar-refractivity contribution in [3.8, 4) is 0 Å². The highest BCUT2D eigenvalue weighted by Gasteiger charge is 2.37. The third kappa shape index (κ3) is 11.7. The molecule has 180 valence electrons. The summed E-state index contributed by atoms with van der Waals surface area (Å²) in [5.41, 5.74) is 0. The van der Waals surface area contributed by atoms with E-state index in [1.165, 1.54) is 19.3 Å². The van der Waals surface area contributed by atoms with Crippen LogP contribution in [0.1, 0.15) is 92.9 Å². The van der Waals surface area contributed by atoms with Crippen molar-refractivity contribution in [1.29, 1.82) is 0 Å². The maximum Gasteiger partial charge on any atom is 0.407 e. The van der Waals surface area contributed by atoms with Crippen LogP contribution in [0.15, 0.2) is 0 Å². The van der Waals surface area contributed by atoms with Gasteiger partial charge in [0, 0.05) is 19.2 Å². The molecule has 0 bridgehead atoms. The molecule has 0 aliphatic rings. The zero-order valence-corrected chi connectivity index (χ0v) is 22.4. The van der Waals surface area contributed by atoms with Gasteiger partial charge in [-0.15, -0.1) is 0 Å². The quantitative estimate of drug-likeness (QED) is 0.197. The molecule has 5 nitrogen and oxygen atoms in total. The summed E-state index contributed by atoms with van der Waals surface area (Å²) in [5.74, 6) is 0. The Kier molecular flexibility index (Phi) is 14.9. The van der Waals surface area contributed by atoms with Gasteiger partial charge in [-0.3, -0.25) is 0 Å². The van der Waals surface area contributed by atoms with Crippen molar-refractivity contribution >= 4 is 14.4 Å². The molecule has 0 spiro atoms. The minimum atomic E-state index is -1.74. The lowest BCUT2D eigenvalue weighted by molar-refractivity contribution is 0.111. The number of amides is 1. The summed E-state index contributed by atoms with van der Waals surface area (Å²) in [7, 11) is -1.74. The van der Waals surface area contributed by atoms with Crippen molar-refractivity contribution in [2.75, 3.05) is 32.8 Å². The number of carboxylic acid groups (broad SMARTS) is 1. The molecule has 0 aromatic rings. The van der Waals surface area contributed by atoms with Crippen molar-refractivity contribution < 1.29 is 14.3 Å². The molecule has 30 heavy (non-hydrogen) atoms. The van der Waals surface area contributed by atoms with Gasteiger partial charge in [0.15, 0.2) is 8.32 Å². The van der Waals surface area contributed by atoms with E-state index in [1.807, 2.05) is 0 Å². The summed E-state index contributed by atoms with van der Waals surface area (Å²) in [4.78, 5) is 16.1. The van der Waals surface area contributed by atoms with Crippen LogP contribution in [0.25, 0.3) is 0 Å². The molecule has 1 amide bonds. The van der Waals surface area contributed by atoms with E-state index < -0.39 is 14.4 Å². The van der Waals surface area contributed by atoms with Crippen LogP contribution >= 0.6 is 0 Å². The maximum atomic E-state index is 12.1. The summed E-state index contributed by atoms with van der Waals surface area (Å²) < 4.78 is 6.34. The molecule has 1 unspecified atom stereocenters. The highest BCUT2D eigenvalue weighted by atomic mass is 28.4. The second kappa shape index (κ2) is 15.2. The number of hydrogen-bond donors (Lipinski definition) is 1. The molecule has 0 aromatic heterocycles. The normalized spacial score (nSPS) is 13.6. The Morgan fingerprint density at radius 1 is 0.933 bits per heavy atom. The Hall–Kier alpha value is -0.593. The first-order valence-corrected chi connectivity index (χ1v) is 15.3. The van der Waals surface area contributed by atoms with Gasteiger partial charge in [0.05, 0.1) is 0 Å². The van der Waals surface area contributed by atoms with E-state index >= 15 is 0 Å². The van der Waals surface area contributed by atoms with Gasteiger partial charge in [0.1, 0.15) is 0 Å². The highest BCUT2D eigenvalue weighted by Crippen LogP contribution is 2.36. The van der Waals surface area contributed by atoms with E-state index in [2.05, 4.69) is 59.5 Å². The number of carbonyl (C=O) groups is 1. The first kappa shape index (κ1) is 29.4. The van der Waals surface area contributed by atoms with Gasteiger partial charge in [0.25, 0.3) is 0 Å². The van der Waals surface area contributed by atoms with Crippen molar-refractivity contribution in [1.82, 2.24) is 9.80 Å². The molecular weight excluding hydrogens is 392 g/mol. The predicted octanol–water partition coefficient (Wildman–Crippen LogP) is 6.84. The van der Waals surface area contributed by atoms with Gasteiger partial charge in [-0.1, -0.05) is 67.2 Å². The highest BCUT2D eigenvalue weighted by molar-refractivity contribution is 6.74. The van der Waals surface area contributed by atoms with Crippen LogP contribution in [0, 0.1) is 0 Å². The zero-order chi connectivity index (χ0) is 23.2. The van der Waals surface area contributed by atoms with E-state index in [0.29, 0.717) is 6.54 Å². The molecule has 0 heterocycles. The summed E-state index contributed by atoms with van der Waals surface area (Å²) in [6.07, 6.45) is 7.69. The van der Waals surface area contributed by atoms with Crippen LogP contribution in [-0.2, 0) is 4.43 Å². The Bertz CT molecular complexity index is 448. The summed E-state index contributed by atoms with van der Waals surface area (Å²) in [5, 5.41) is 10.1. The van der Waals surface area contributed by atoms with Crippen LogP contribution in [0.4, 0.5) is 4.79 Å². The monoisotopic (exact) mass is 444 g/mol. The van der Waals surface area contributed by atoms with Gasteiger partial charge < -0.3 is 19.3 Å². The molecule has 6 heteroatoms. The zero-order valence-electron chi connectivity index (χ0n) is 21.4. The van der Waals surface area contributed by atoms with Crippen LogP contribution in [-0.4, -0.2) is 68.1 Å². The summed E-state index contributed by atoms with van der Waals surface area (Å²) in [6.45, 7) is 22.3. The molecule has 1 atom stereocenters. The molecular formula is C24H52N2O3Si.